The van der Waals surface area contributed by atoms with Crippen molar-refractivity contribution in [3.63, 3.8) is 0 Å². The number of hydrogen-bond acceptors (Lipinski definition) is 1. The van der Waals surface area contributed by atoms with E-state index in [1.54, 1.807) is 6.07 Å². The average Bonchev–Trinajstić information content (AvgIpc) is 2.92. The Morgan fingerprint density at radius 1 is 1.08 bits per heavy atom. The molecule has 26 heavy (non-hydrogen) atoms. The van der Waals surface area contributed by atoms with E-state index in [-0.39, 0.29) is 26.7 Å². The number of benzene rings is 2. The van der Waals surface area contributed by atoms with Crippen molar-refractivity contribution in [3.05, 3.63) is 73.7 Å². The lowest BCUT2D eigenvalue weighted by Crippen LogP contribution is -2.19. The minimum atomic E-state index is -4.49. The molecule has 2 aromatic rings. The van der Waals surface area contributed by atoms with Crippen LogP contribution in [0.2, 0.25) is 15.1 Å². The molecule has 2 atom stereocenters. The first-order valence-corrected chi connectivity index (χ1v) is 9.08. The van der Waals surface area contributed by atoms with E-state index in [0.717, 1.165) is 30.0 Å². The van der Waals surface area contributed by atoms with Crippen LogP contribution in [-0.2, 0) is 6.42 Å². The van der Waals surface area contributed by atoms with Crippen molar-refractivity contribution in [2.75, 3.05) is 0 Å². The number of rotatable bonds is 3. The van der Waals surface area contributed by atoms with Gasteiger partial charge in [-0.15, -0.1) is 0 Å². The van der Waals surface area contributed by atoms with E-state index in [2.05, 4.69) is 0 Å². The van der Waals surface area contributed by atoms with Crippen molar-refractivity contribution in [2.45, 2.75) is 31.0 Å². The fraction of sp³-hybridized carbons (Fsp3) is 0.263. The second kappa shape index (κ2) is 7.43. The van der Waals surface area contributed by atoms with Gasteiger partial charge in [-0.2, -0.15) is 13.2 Å². The van der Waals surface area contributed by atoms with Gasteiger partial charge in [0.25, 0.3) is 0 Å². The van der Waals surface area contributed by atoms with Gasteiger partial charge in [-0.1, -0.05) is 65.2 Å². The van der Waals surface area contributed by atoms with Gasteiger partial charge in [0.05, 0.1) is 21.0 Å². The zero-order chi connectivity index (χ0) is 19.1. The van der Waals surface area contributed by atoms with Gasteiger partial charge in [0.15, 0.2) is 0 Å². The Morgan fingerprint density at radius 2 is 1.73 bits per heavy atom. The summed E-state index contributed by atoms with van der Waals surface area (Å²) < 4.78 is 40.7. The van der Waals surface area contributed by atoms with E-state index < -0.39 is 12.1 Å². The first kappa shape index (κ1) is 19.6. The van der Waals surface area contributed by atoms with E-state index in [0.29, 0.717) is 5.56 Å². The summed E-state index contributed by atoms with van der Waals surface area (Å²) >= 11 is 17.6. The minimum Gasteiger partial charge on any atom is -0.324 e. The molecule has 7 heteroatoms. The fourth-order valence-corrected chi connectivity index (χ4v) is 3.76. The van der Waals surface area contributed by atoms with Crippen molar-refractivity contribution in [1.82, 2.24) is 0 Å². The van der Waals surface area contributed by atoms with Crippen LogP contribution in [0.3, 0.4) is 0 Å². The summed E-state index contributed by atoms with van der Waals surface area (Å²) in [6.45, 7) is 0. The Balaban J connectivity index is 1.94. The molecule has 0 saturated heterocycles. The summed E-state index contributed by atoms with van der Waals surface area (Å²) in [4.78, 5) is 0. The highest BCUT2D eigenvalue weighted by Crippen LogP contribution is 2.41. The van der Waals surface area contributed by atoms with Gasteiger partial charge in [-0.25, -0.2) is 0 Å². The van der Waals surface area contributed by atoms with Crippen molar-refractivity contribution < 1.29 is 13.2 Å². The Bertz CT molecular complexity index is 839. The quantitative estimate of drug-likeness (QED) is 0.534. The highest BCUT2D eigenvalue weighted by atomic mass is 35.5. The Morgan fingerprint density at radius 3 is 2.35 bits per heavy atom. The third-order valence-corrected chi connectivity index (χ3v) is 5.69. The molecule has 0 aliphatic heterocycles. The number of fused-ring (bicyclic) bond motifs is 1. The maximum atomic E-state index is 13.6. The molecule has 0 saturated carbocycles. The van der Waals surface area contributed by atoms with Crippen LogP contribution in [-0.4, -0.2) is 6.18 Å². The second-order valence-electron chi connectivity index (χ2n) is 6.28. The van der Waals surface area contributed by atoms with Crippen LogP contribution in [0, 0.1) is 0 Å². The van der Waals surface area contributed by atoms with Gasteiger partial charge in [0.1, 0.15) is 0 Å². The predicted molar refractivity (Wildman–Crippen MR) is 101 cm³/mol. The van der Waals surface area contributed by atoms with Crippen molar-refractivity contribution in [2.24, 2.45) is 5.73 Å². The molecule has 0 bridgehead atoms. The highest BCUT2D eigenvalue weighted by molar-refractivity contribution is 6.48. The van der Waals surface area contributed by atoms with E-state index in [1.807, 2.05) is 12.1 Å². The largest absolute Gasteiger partial charge is 0.399 e. The predicted octanol–water partition coefficient (Wildman–Crippen LogP) is 6.95. The monoisotopic (exact) mass is 419 g/mol. The normalized spacial score (nSPS) is 18.3. The third-order valence-electron chi connectivity index (χ3n) is 4.49. The maximum Gasteiger partial charge on any atom is 0.399 e. The third kappa shape index (κ3) is 4.04. The standard InChI is InChI=1S/C19H15Cl3F3N/c20-15-8-12(9-16(21)18(15)22)14(19(23,24)25)5-2-10-1-4-13-11(7-10)3-6-17(13)26/h1-2,4-5,7-9,14,17H,3,6,26H2. The molecule has 2 unspecified atom stereocenters. The number of halogens is 6. The molecule has 0 heterocycles. The topological polar surface area (TPSA) is 26.0 Å². The van der Waals surface area contributed by atoms with Crippen LogP contribution in [0.4, 0.5) is 13.2 Å². The summed E-state index contributed by atoms with van der Waals surface area (Å²) in [6.07, 6.45) is -0.236. The molecule has 2 aromatic carbocycles. The maximum absolute atomic E-state index is 13.6. The van der Waals surface area contributed by atoms with Crippen molar-refractivity contribution >= 4 is 40.9 Å². The number of hydrogen-bond donors (Lipinski definition) is 1. The van der Waals surface area contributed by atoms with Gasteiger partial charge in [-0.05, 0) is 47.2 Å². The molecule has 2 N–H and O–H groups in total. The second-order valence-corrected chi connectivity index (χ2v) is 7.47. The highest BCUT2D eigenvalue weighted by Gasteiger charge is 2.39. The van der Waals surface area contributed by atoms with E-state index in [4.69, 9.17) is 40.5 Å². The van der Waals surface area contributed by atoms with E-state index in [1.165, 1.54) is 18.2 Å². The lowest BCUT2D eigenvalue weighted by molar-refractivity contribution is -0.139. The number of nitrogens with two attached hydrogens (primary N) is 1. The molecule has 0 radical (unpaired) electrons. The molecule has 1 nitrogen and oxygen atoms in total. The zero-order valence-electron chi connectivity index (χ0n) is 13.5. The zero-order valence-corrected chi connectivity index (χ0v) is 15.7. The fourth-order valence-electron chi connectivity index (χ4n) is 3.15. The van der Waals surface area contributed by atoms with Crippen LogP contribution in [0.25, 0.3) is 6.08 Å². The smallest absolute Gasteiger partial charge is 0.324 e. The summed E-state index contributed by atoms with van der Waals surface area (Å²) in [5.74, 6) is -1.84. The SMILES string of the molecule is NC1CCc2cc(C=CC(c3cc(Cl)c(Cl)c(Cl)c3)C(F)(F)F)ccc21. The van der Waals surface area contributed by atoms with Gasteiger partial charge in [0, 0.05) is 6.04 Å². The van der Waals surface area contributed by atoms with E-state index in [9.17, 15) is 13.2 Å². The van der Waals surface area contributed by atoms with Crippen LogP contribution in [0.15, 0.2) is 36.4 Å². The number of allylic oxidation sites excluding steroid dienone is 1. The first-order chi connectivity index (χ1) is 12.2. The van der Waals surface area contributed by atoms with Gasteiger partial charge < -0.3 is 5.73 Å². The summed E-state index contributed by atoms with van der Waals surface area (Å²) in [6, 6.07) is 7.93. The summed E-state index contributed by atoms with van der Waals surface area (Å²) in [5.41, 5.74) is 8.77. The van der Waals surface area contributed by atoms with E-state index >= 15 is 0 Å². The molecule has 0 spiro atoms. The summed E-state index contributed by atoms with van der Waals surface area (Å²) in [7, 11) is 0. The molecule has 1 aliphatic carbocycles. The molecule has 0 aromatic heterocycles. The Kier molecular flexibility index (Phi) is 5.59. The minimum absolute atomic E-state index is 0.00399. The molecular weight excluding hydrogens is 406 g/mol. The Labute approximate surface area is 164 Å². The van der Waals surface area contributed by atoms with Crippen LogP contribution < -0.4 is 5.73 Å². The lowest BCUT2D eigenvalue weighted by atomic mass is 9.96. The molecule has 0 fully saturated rings. The number of alkyl halides is 3. The van der Waals surface area contributed by atoms with Crippen LogP contribution in [0.1, 0.15) is 40.6 Å². The van der Waals surface area contributed by atoms with Crippen LogP contribution >= 0.6 is 34.8 Å². The summed E-state index contributed by atoms with van der Waals surface area (Å²) in [5, 5.41) is 0.0172. The molecule has 3 rings (SSSR count). The molecule has 138 valence electrons. The van der Waals surface area contributed by atoms with Crippen molar-refractivity contribution in [1.29, 1.82) is 0 Å². The van der Waals surface area contributed by atoms with Gasteiger partial charge in [0.2, 0.25) is 0 Å². The molecular formula is C19H15Cl3F3N. The lowest BCUT2D eigenvalue weighted by Gasteiger charge is -2.18. The van der Waals surface area contributed by atoms with Crippen molar-refractivity contribution in [3.8, 4) is 0 Å². The first-order valence-electron chi connectivity index (χ1n) is 7.94. The van der Waals surface area contributed by atoms with Gasteiger partial charge in [-0.3, -0.25) is 0 Å². The van der Waals surface area contributed by atoms with Crippen LogP contribution in [0.5, 0.6) is 0 Å². The number of aryl methyl sites for hydroxylation is 1. The average molecular weight is 421 g/mol. The van der Waals surface area contributed by atoms with Gasteiger partial charge >= 0.3 is 6.18 Å². The molecule has 0 amide bonds. The molecule has 1 aliphatic rings. The Hall–Kier alpha value is -1.20.